The summed E-state index contributed by atoms with van der Waals surface area (Å²) in [5, 5.41) is 4.18. The Balaban J connectivity index is 1.32. The van der Waals surface area contributed by atoms with Gasteiger partial charge < -0.3 is 0 Å². The second-order valence-electron chi connectivity index (χ2n) is 9.87. The van der Waals surface area contributed by atoms with Crippen LogP contribution in [0.4, 0.5) is 5.69 Å². The van der Waals surface area contributed by atoms with Crippen LogP contribution in [0, 0.1) is 24.7 Å². The lowest BCUT2D eigenvalue weighted by Crippen LogP contribution is -2.59. The van der Waals surface area contributed by atoms with E-state index in [2.05, 4.69) is 14.5 Å². The molecule has 4 aliphatic carbocycles. The quantitative estimate of drug-likeness (QED) is 0.635. The van der Waals surface area contributed by atoms with Gasteiger partial charge in [-0.25, -0.2) is 21.6 Å². The Morgan fingerprint density at radius 2 is 1.53 bits per heavy atom. The highest BCUT2D eigenvalue weighted by atomic mass is 32.2. The number of anilines is 1. The summed E-state index contributed by atoms with van der Waals surface area (Å²) in [6.07, 6.45) is 8.01. The van der Waals surface area contributed by atoms with E-state index in [4.69, 9.17) is 0 Å². The van der Waals surface area contributed by atoms with Gasteiger partial charge in [0.2, 0.25) is 10.0 Å². The first-order valence-electron chi connectivity index (χ1n) is 11.3. The molecular weight excluding hydrogens is 448 g/mol. The summed E-state index contributed by atoms with van der Waals surface area (Å²) in [5.74, 6) is 1.92. The Bertz CT molecular complexity index is 1200. The minimum Gasteiger partial charge on any atom is -0.280 e. The van der Waals surface area contributed by atoms with Crippen molar-refractivity contribution in [2.75, 3.05) is 4.72 Å². The summed E-state index contributed by atoms with van der Waals surface area (Å²) in [5.41, 5.74) is 0.408. The number of nitrogens with zero attached hydrogens (tertiary/aromatic N) is 2. The van der Waals surface area contributed by atoms with E-state index < -0.39 is 20.0 Å². The fraction of sp³-hybridized carbons (Fsp3) is 0.591. The van der Waals surface area contributed by atoms with Crippen LogP contribution in [0.25, 0.3) is 0 Å². The maximum absolute atomic E-state index is 13.2. The molecular formula is C22H30N4O4S2. The third kappa shape index (κ3) is 3.97. The zero-order chi connectivity index (χ0) is 22.7. The molecule has 0 saturated heterocycles. The van der Waals surface area contributed by atoms with Crippen molar-refractivity contribution in [3.63, 3.8) is 0 Å². The van der Waals surface area contributed by atoms with Gasteiger partial charge >= 0.3 is 0 Å². The molecule has 4 fully saturated rings. The van der Waals surface area contributed by atoms with Gasteiger partial charge in [0.15, 0.2) is 0 Å². The molecule has 1 heterocycles. The number of aromatic nitrogens is 2. The summed E-state index contributed by atoms with van der Waals surface area (Å²) in [6, 6.07) is 5.91. The van der Waals surface area contributed by atoms with Crippen molar-refractivity contribution in [3.8, 4) is 0 Å². The van der Waals surface area contributed by atoms with E-state index in [0.29, 0.717) is 35.7 Å². The summed E-state index contributed by atoms with van der Waals surface area (Å²) in [7, 11) is -7.50. The van der Waals surface area contributed by atoms with Gasteiger partial charge in [-0.3, -0.25) is 9.40 Å². The number of hydrogen-bond acceptors (Lipinski definition) is 5. The fourth-order valence-corrected chi connectivity index (χ4v) is 9.10. The molecule has 2 aromatic rings. The van der Waals surface area contributed by atoms with Crippen LogP contribution in [0.15, 0.2) is 40.3 Å². The third-order valence-corrected chi connectivity index (χ3v) is 10.4. The molecule has 0 radical (unpaired) electrons. The molecule has 0 unspecified atom stereocenters. The summed E-state index contributed by atoms with van der Waals surface area (Å²) in [4.78, 5) is 0.269. The fourth-order valence-electron chi connectivity index (χ4n) is 6.42. The molecule has 10 heteroatoms. The molecule has 0 spiro atoms. The van der Waals surface area contributed by atoms with Crippen molar-refractivity contribution in [2.45, 2.75) is 74.2 Å². The van der Waals surface area contributed by atoms with Crippen molar-refractivity contribution in [2.24, 2.45) is 17.8 Å². The third-order valence-electron chi connectivity index (χ3n) is 7.32. The van der Waals surface area contributed by atoms with Crippen molar-refractivity contribution in [1.29, 1.82) is 0 Å². The van der Waals surface area contributed by atoms with Gasteiger partial charge in [-0.15, -0.1) is 0 Å². The number of hydrogen-bond donors (Lipinski definition) is 2. The van der Waals surface area contributed by atoms with E-state index in [1.807, 2.05) is 6.92 Å². The Hall–Kier alpha value is -1.91. The Labute approximate surface area is 189 Å². The molecule has 6 rings (SSSR count). The number of sulfonamides is 2. The van der Waals surface area contributed by atoms with Crippen LogP contribution in [0.3, 0.4) is 0 Å². The summed E-state index contributed by atoms with van der Waals surface area (Å²) < 4.78 is 59.0. The topological polar surface area (TPSA) is 110 Å². The van der Waals surface area contributed by atoms with Crippen LogP contribution in [-0.2, 0) is 26.6 Å². The van der Waals surface area contributed by atoms with Gasteiger partial charge in [0.25, 0.3) is 10.0 Å². The first-order valence-corrected chi connectivity index (χ1v) is 14.2. The lowest BCUT2D eigenvalue weighted by Gasteiger charge is -2.56. The highest BCUT2D eigenvalue weighted by Gasteiger charge is 2.52. The first kappa shape index (κ1) is 21.9. The minimum atomic E-state index is -3.82. The molecule has 4 aliphatic rings. The zero-order valence-electron chi connectivity index (χ0n) is 18.4. The van der Waals surface area contributed by atoms with Crippen LogP contribution in [0.5, 0.6) is 0 Å². The largest absolute Gasteiger partial charge is 0.280 e. The van der Waals surface area contributed by atoms with Gasteiger partial charge in [0.1, 0.15) is 4.90 Å². The second-order valence-corrected chi connectivity index (χ2v) is 13.2. The standard InChI is InChI=1S/C22H30N4O4S2/c1-3-26-14-21(15(2)23-26)32(29,30)24-19-4-6-20(7-5-19)31(27,28)25-22-11-16-8-17(12-22)10-18(9-16)13-22/h4-7,14,16-18,24-25H,3,8-13H2,1-2H3. The summed E-state index contributed by atoms with van der Waals surface area (Å²) in [6.45, 7) is 4.10. The van der Waals surface area contributed by atoms with E-state index >= 15 is 0 Å². The normalized spacial score (nSPS) is 29.4. The first-order chi connectivity index (χ1) is 15.1. The number of rotatable bonds is 7. The maximum atomic E-state index is 13.2. The molecule has 4 bridgehead atoms. The van der Waals surface area contributed by atoms with Crippen LogP contribution >= 0.6 is 0 Å². The molecule has 8 nitrogen and oxygen atoms in total. The van der Waals surface area contributed by atoms with Crippen LogP contribution < -0.4 is 9.44 Å². The second kappa shape index (κ2) is 7.56. The van der Waals surface area contributed by atoms with E-state index in [0.717, 1.165) is 19.3 Å². The minimum absolute atomic E-state index is 0.111. The van der Waals surface area contributed by atoms with Gasteiger partial charge in [-0.05, 0) is 94.4 Å². The highest BCUT2D eigenvalue weighted by molar-refractivity contribution is 7.92. The van der Waals surface area contributed by atoms with E-state index in [-0.39, 0.29) is 15.3 Å². The summed E-state index contributed by atoms with van der Waals surface area (Å²) >= 11 is 0. The maximum Gasteiger partial charge on any atom is 0.265 e. The SMILES string of the molecule is CCn1cc(S(=O)(=O)Nc2ccc(S(=O)(=O)NC34CC5CC(CC(C5)C3)C4)cc2)c(C)n1. The predicted octanol–water partition coefficient (Wildman–Crippen LogP) is 3.26. The van der Waals surface area contributed by atoms with Crippen LogP contribution in [0.2, 0.25) is 0 Å². The lowest BCUT2D eigenvalue weighted by molar-refractivity contribution is -0.00810. The number of aryl methyl sites for hydroxylation is 2. The lowest BCUT2D eigenvalue weighted by atomic mass is 9.53. The van der Waals surface area contributed by atoms with E-state index in [9.17, 15) is 16.8 Å². The Kier molecular flexibility index (Phi) is 5.18. The smallest absolute Gasteiger partial charge is 0.265 e. The number of benzene rings is 1. The van der Waals surface area contributed by atoms with E-state index in [1.54, 1.807) is 11.6 Å². The number of nitrogens with one attached hydrogen (secondary N) is 2. The molecule has 4 saturated carbocycles. The average Bonchev–Trinajstić information content (AvgIpc) is 3.08. The van der Waals surface area contributed by atoms with Gasteiger partial charge in [0.05, 0.1) is 10.6 Å². The Morgan fingerprint density at radius 3 is 2.03 bits per heavy atom. The van der Waals surface area contributed by atoms with Crippen molar-refractivity contribution in [1.82, 2.24) is 14.5 Å². The van der Waals surface area contributed by atoms with Gasteiger partial charge in [-0.1, -0.05) is 0 Å². The zero-order valence-corrected chi connectivity index (χ0v) is 20.0. The monoisotopic (exact) mass is 478 g/mol. The van der Waals surface area contributed by atoms with Gasteiger partial charge in [0, 0.05) is 24.0 Å². The Morgan fingerprint density at radius 1 is 0.969 bits per heavy atom. The molecule has 1 aromatic carbocycles. The average molecular weight is 479 g/mol. The molecule has 2 N–H and O–H groups in total. The van der Waals surface area contributed by atoms with Crippen LogP contribution in [-0.4, -0.2) is 32.2 Å². The molecule has 0 atom stereocenters. The molecule has 32 heavy (non-hydrogen) atoms. The van der Waals surface area contributed by atoms with Crippen molar-refractivity contribution in [3.05, 3.63) is 36.2 Å². The highest BCUT2D eigenvalue weighted by Crippen LogP contribution is 2.56. The van der Waals surface area contributed by atoms with Crippen molar-refractivity contribution >= 4 is 25.7 Å². The predicted molar refractivity (Wildman–Crippen MR) is 121 cm³/mol. The molecule has 0 aliphatic heterocycles. The molecule has 1 aromatic heterocycles. The van der Waals surface area contributed by atoms with E-state index in [1.165, 1.54) is 49.7 Å². The van der Waals surface area contributed by atoms with Crippen molar-refractivity contribution < 1.29 is 16.8 Å². The van der Waals surface area contributed by atoms with Gasteiger partial charge in [-0.2, -0.15) is 5.10 Å². The van der Waals surface area contributed by atoms with Crippen LogP contribution in [0.1, 0.15) is 51.1 Å². The molecule has 0 amide bonds. The molecule has 174 valence electrons.